The van der Waals surface area contributed by atoms with E-state index in [1.165, 1.54) is 56.7 Å². The van der Waals surface area contributed by atoms with Crippen LogP contribution in [0.3, 0.4) is 0 Å². The molecule has 216 valence electrons. The first-order valence-corrected chi connectivity index (χ1v) is 15.3. The van der Waals surface area contributed by atoms with Crippen LogP contribution in [-0.4, -0.2) is 48.7 Å². The molecule has 6 heteroatoms. The Hall–Kier alpha value is -4.06. The molecule has 0 amide bonds. The lowest BCUT2D eigenvalue weighted by Crippen LogP contribution is -2.23. The Morgan fingerprint density at radius 1 is 0.857 bits per heavy atom. The second kappa shape index (κ2) is 11.0. The highest BCUT2D eigenvalue weighted by atomic mass is 16.5. The van der Waals surface area contributed by atoms with Crippen molar-refractivity contribution in [3.8, 4) is 11.5 Å². The van der Waals surface area contributed by atoms with Gasteiger partial charge in [-0.1, -0.05) is 23.8 Å². The number of methoxy groups -OCH3 is 2. The number of benzene rings is 2. The van der Waals surface area contributed by atoms with Crippen molar-refractivity contribution >= 4 is 33.2 Å². The number of fused-ring (bicyclic) bond motifs is 6. The monoisotopic (exact) mass is 560 g/mol. The van der Waals surface area contributed by atoms with Gasteiger partial charge in [0.15, 0.2) is 0 Å². The van der Waals surface area contributed by atoms with Gasteiger partial charge in [0.1, 0.15) is 11.5 Å². The van der Waals surface area contributed by atoms with Gasteiger partial charge in [-0.2, -0.15) is 0 Å². The molecule has 0 fully saturated rings. The fourth-order valence-electron chi connectivity index (χ4n) is 7.31. The number of allylic oxidation sites excluding steroid dienone is 3. The molecule has 2 N–H and O–H groups in total. The zero-order valence-electron chi connectivity index (χ0n) is 25.0. The molecule has 4 aromatic rings. The van der Waals surface area contributed by atoms with E-state index in [4.69, 9.17) is 19.5 Å². The van der Waals surface area contributed by atoms with E-state index in [-0.39, 0.29) is 0 Å². The molecule has 0 bridgehead atoms. The lowest BCUT2D eigenvalue weighted by atomic mass is 9.77. The van der Waals surface area contributed by atoms with Crippen molar-refractivity contribution in [2.24, 2.45) is 21.8 Å². The lowest BCUT2D eigenvalue weighted by molar-refractivity contribution is 0.415. The van der Waals surface area contributed by atoms with Crippen LogP contribution in [0.25, 0.3) is 21.8 Å². The molecule has 7 rings (SSSR count). The second-order valence-corrected chi connectivity index (χ2v) is 12.1. The average Bonchev–Trinajstić information content (AvgIpc) is 3.59. The molecule has 2 aromatic carbocycles. The molecule has 4 heterocycles. The van der Waals surface area contributed by atoms with E-state index in [1.54, 1.807) is 19.8 Å². The van der Waals surface area contributed by atoms with Crippen LogP contribution in [0.15, 0.2) is 70.2 Å². The molecule has 1 unspecified atom stereocenters. The van der Waals surface area contributed by atoms with Crippen LogP contribution < -0.4 is 9.47 Å². The smallest absolute Gasteiger partial charge is 0.120 e. The summed E-state index contributed by atoms with van der Waals surface area (Å²) in [6.45, 7) is 8.10. The van der Waals surface area contributed by atoms with Gasteiger partial charge in [0.05, 0.1) is 37.0 Å². The predicted octanol–water partition coefficient (Wildman–Crippen LogP) is 7.76. The van der Waals surface area contributed by atoms with Gasteiger partial charge in [-0.15, -0.1) is 0 Å². The van der Waals surface area contributed by atoms with Crippen molar-refractivity contribution in [1.82, 2.24) is 9.97 Å². The highest BCUT2D eigenvalue weighted by Crippen LogP contribution is 2.38. The number of aliphatic imine (C=N–C) groups is 2. The van der Waals surface area contributed by atoms with Crippen LogP contribution in [0.4, 0.5) is 0 Å². The molecule has 6 nitrogen and oxygen atoms in total. The summed E-state index contributed by atoms with van der Waals surface area (Å²) in [5.41, 5.74) is 12.7. The van der Waals surface area contributed by atoms with Crippen molar-refractivity contribution in [3.63, 3.8) is 0 Å². The Kier molecular flexibility index (Phi) is 7.01. The zero-order chi connectivity index (χ0) is 28.8. The minimum atomic E-state index is 0.340. The second-order valence-electron chi connectivity index (χ2n) is 12.1. The first kappa shape index (κ1) is 26.8. The Bertz CT molecular complexity index is 1670. The number of hydrogen-bond acceptors (Lipinski definition) is 4. The van der Waals surface area contributed by atoms with Crippen molar-refractivity contribution in [1.29, 1.82) is 0 Å². The van der Waals surface area contributed by atoms with E-state index < -0.39 is 0 Å². The van der Waals surface area contributed by atoms with E-state index in [0.717, 1.165) is 74.1 Å². The van der Waals surface area contributed by atoms with Gasteiger partial charge in [0.2, 0.25) is 0 Å². The molecule has 0 spiro atoms. The molecular formula is C36H40N4O2. The fraction of sp³-hybridized carbons (Fsp3) is 0.389. The molecule has 0 saturated heterocycles. The minimum Gasteiger partial charge on any atom is -0.497 e. The van der Waals surface area contributed by atoms with Gasteiger partial charge in [-0.05, 0) is 99.1 Å². The van der Waals surface area contributed by atoms with Crippen molar-refractivity contribution in [2.75, 3.05) is 27.3 Å². The quantitative estimate of drug-likeness (QED) is 0.216. The molecule has 2 aromatic heterocycles. The van der Waals surface area contributed by atoms with Crippen LogP contribution in [-0.2, 0) is 12.8 Å². The summed E-state index contributed by atoms with van der Waals surface area (Å²) < 4.78 is 11.0. The Balaban J connectivity index is 1.24. The van der Waals surface area contributed by atoms with Gasteiger partial charge in [-0.3, -0.25) is 9.98 Å². The third kappa shape index (κ3) is 4.77. The van der Waals surface area contributed by atoms with E-state index in [2.05, 4.69) is 65.9 Å². The van der Waals surface area contributed by atoms with Crippen molar-refractivity contribution in [2.45, 2.75) is 51.9 Å². The van der Waals surface area contributed by atoms with E-state index in [9.17, 15) is 0 Å². The molecule has 42 heavy (non-hydrogen) atoms. The predicted molar refractivity (Wildman–Crippen MR) is 173 cm³/mol. The number of nitrogens with zero attached hydrogens (tertiary/aromatic N) is 2. The molecule has 0 radical (unpaired) electrons. The van der Waals surface area contributed by atoms with Crippen LogP contribution in [0.1, 0.15) is 61.5 Å². The lowest BCUT2D eigenvalue weighted by Gasteiger charge is -2.29. The highest BCUT2D eigenvalue weighted by molar-refractivity contribution is 6.09. The maximum Gasteiger partial charge on any atom is 0.120 e. The number of aromatic nitrogens is 2. The van der Waals surface area contributed by atoms with Crippen molar-refractivity contribution in [3.05, 3.63) is 82.7 Å². The molecule has 3 aliphatic rings. The van der Waals surface area contributed by atoms with Crippen LogP contribution in [0, 0.1) is 11.8 Å². The Morgan fingerprint density at radius 2 is 1.40 bits per heavy atom. The number of hydrogen-bond donors (Lipinski definition) is 2. The molecule has 1 atom stereocenters. The highest BCUT2D eigenvalue weighted by Gasteiger charge is 2.29. The summed E-state index contributed by atoms with van der Waals surface area (Å²) in [5, 5.41) is 2.57. The zero-order valence-corrected chi connectivity index (χ0v) is 25.0. The number of ether oxygens (including phenoxy) is 2. The van der Waals surface area contributed by atoms with Gasteiger partial charge >= 0.3 is 0 Å². The van der Waals surface area contributed by atoms with Gasteiger partial charge in [0.25, 0.3) is 0 Å². The van der Waals surface area contributed by atoms with Gasteiger partial charge in [-0.25, -0.2) is 0 Å². The average molecular weight is 561 g/mol. The third-order valence-corrected chi connectivity index (χ3v) is 9.68. The Labute approximate surface area is 247 Å². The molecule has 1 aliphatic carbocycles. The summed E-state index contributed by atoms with van der Waals surface area (Å²) in [6, 6.07) is 12.7. The molecular weight excluding hydrogens is 520 g/mol. The largest absolute Gasteiger partial charge is 0.497 e. The van der Waals surface area contributed by atoms with Crippen LogP contribution in [0.2, 0.25) is 0 Å². The standard InChI is InChI=1S/C36H40N4O2/c1-21(2)22-5-7-23(8-6-22)24(17-33-35-29(13-15-37-33)27-11-9-25(41-3)19-31(27)39-35)18-34-36-30(14-16-38-34)28-12-10-26(42-4)20-32(28)40-36/h7,9-12,19-20,22,24,39-40H,1,5-6,8,13-18H2,2-4H3. The van der Waals surface area contributed by atoms with E-state index in [1.807, 2.05) is 0 Å². The maximum atomic E-state index is 5.51. The first-order valence-electron chi connectivity index (χ1n) is 15.3. The Morgan fingerprint density at radius 3 is 1.86 bits per heavy atom. The summed E-state index contributed by atoms with van der Waals surface area (Å²) in [4.78, 5) is 17.7. The third-order valence-electron chi connectivity index (χ3n) is 9.68. The van der Waals surface area contributed by atoms with Crippen molar-refractivity contribution < 1.29 is 9.47 Å². The normalized spacial score (nSPS) is 18.4. The van der Waals surface area contributed by atoms with Gasteiger partial charge < -0.3 is 19.4 Å². The maximum absolute atomic E-state index is 5.51. The van der Waals surface area contributed by atoms with Gasteiger partial charge in [0, 0.05) is 47.0 Å². The summed E-state index contributed by atoms with van der Waals surface area (Å²) in [7, 11) is 3.45. The van der Waals surface area contributed by atoms with E-state index in [0.29, 0.717) is 11.8 Å². The SMILES string of the molecule is C=C(C)C1CC=C(C(CC2=NCCc3c2[nH]c2cc(OC)ccc32)CC2=NCCc3c2[nH]c2cc(OC)ccc32)CC1. The van der Waals surface area contributed by atoms with E-state index >= 15 is 0 Å². The van der Waals surface area contributed by atoms with Crippen LogP contribution >= 0.6 is 0 Å². The molecule has 0 saturated carbocycles. The van der Waals surface area contributed by atoms with Crippen LogP contribution in [0.5, 0.6) is 11.5 Å². The number of nitrogens with one attached hydrogen (secondary N) is 2. The molecule has 2 aliphatic heterocycles. The summed E-state index contributed by atoms with van der Waals surface area (Å²) in [5.74, 6) is 2.67. The fourth-order valence-corrected chi connectivity index (χ4v) is 7.31. The number of rotatable bonds is 8. The topological polar surface area (TPSA) is 74.8 Å². The number of aromatic amines is 2. The summed E-state index contributed by atoms with van der Waals surface area (Å²) >= 11 is 0. The number of H-pyrrole nitrogens is 2. The minimum absolute atomic E-state index is 0.340. The first-order chi connectivity index (χ1) is 20.5. The summed E-state index contributed by atoms with van der Waals surface area (Å²) in [6.07, 6.45) is 9.61.